The maximum atomic E-state index is 12.4. The van der Waals surface area contributed by atoms with E-state index in [1.165, 1.54) is 24.3 Å². The van der Waals surface area contributed by atoms with Crippen molar-refractivity contribution < 1.29 is 18.0 Å². The molecule has 0 saturated heterocycles. The maximum Gasteiger partial charge on any atom is 0.416 e. The monoisotopic (exact) mass is 305 g/mol. The van der Waals surface area contributed by atoms with Crippen molar-refractivity contribution in [2.75, 3.05) is 5.32 Å². The second kappa shape index (κ2) is 6.47. The lowest BCUT2D eigenvalue weighted by molar-refractivity contribution is -0.137. The van der Waals surface area contributed by atoms with Crippen LogP contribution in [0.25, 0.3) is 6.08 Å². The van der Waals surface area contributed by atoms with Gasteiger partial charge in [0.15, 0.2) is 0 Å². The van der Waals surface area contributed by atoms with Crippen molar-refractivity contribution in [3.05, 3.63) is 71.3 Å². The molecule has 0 spiro atoms. The Balaban J connectivity index is 1.99. The van der Waals surface area contributed by atoms with E-state index in [1.807, 2.05) is 19.1 Å². The van der Waals surface area contributed by atoms with Gasteiger partial charge in [-0.2, -0.15) is 13.2 Å². The Bertz CT molecular complexity index is 671. The van der Waals surface area contributed by atoms with Gasteiger partial charge < -0.3 is 5.32 Å². The van der Waals surface area contributed by atoms with E-state index in [2.05, 4.69) is 5.32 Å². The van der Waals surface area contributed by atoms with Crippen LogP contribution in [-0.2, 0) is 11.0 Å². The first-order chi connectivity index (χ1) is 10.3. The third-order valence-corrected chi connectivity index (χ3v) is 2.98. The van der Waals surface area contributed by atoms with Crippen molar-refractivity contribution >= 4 is 17.7 Å². The van der Waals surface area contributed by atoms with Crippen LogP contribution in [0.15, 0.2) is 54.6 Å². The number of amides is 1. The molecule has 22 heavy (non-hydrogen) atoms. The zero-order valence-corrected chi connectivity index (χ0v) is 11.8. The van der Waals surface area contributed by atoms with E-state index in [0.717, 1.165) is 17.7 Å². The Labute approximate surface area is 126 Å². The van der Waals surface area contributed by atoms with Crippen LogP contribution in [0.5, 0.6) is 0 Å². The summed E-state index contributed by atoms with van der Waals surface area (Å²) in [5.41, 5.74) is 1.55. The van der Waals surface area contributed by atoms with Gasteiger partial charge in [-0.25, -0.2) is 0 Å². The van der Waals surface area contributed by atoms with E-state index in [0.29, 0.717) is 11.3 Å². The second-order valence-corrected chi connectivity index (χ2v) is 4.81. The fourth-order valence-corrected chi connectivity index (χ4v) is 1.78. The van der Waals surface area contributed by atoms with Gasteiger partial charge in [0.2, 0.25) is 5.91 Å². The lowest BCUT2D eigenvalue weighted by Crippen LogP contribution is -2.07. The minimum absolute atomic E-state index is 0.344. The first-order valence-electron chi connectivity index (χ1n) is 6.57. The van der Waals surface area contributed by atoms with Crippen LogP contribution in [0, 0.1) is 6.92 Å². The van der Waals surface area contributed by atoms with Crippen LogP contribution >= 0.6 is 0 Å². The minimum atomic E-state index is -4.36. The summed E-state index contributed by atoms with van der Waals surface area (Å²) < 4.78 is 37.3. The van der Waals surface area contributed by atoms with Crippen molar-refractivity contribution in [1.82, 2.24) is 0 Å². The standard InChI is InChI=1S/C17H14F3NO/c1-12-2-9-15(10-3-12)21-16(22)11-6-13-4-7-14(8-5-13)17(18,19)20/h2-11H,1H3,(H,21,22)/b11-6+. The Morgan fingerprint density at radius 1 is 1.00 bits per heavy atom. The van der Waals surface area contributed by atoms with E-state index in [9.17, 15) is 18.0 Å². The van der Waals surface area contributed by atoms with Crippen LogP contribution in [0.3, 0.4) is 0 Å². The molecule has 0 radical (unpaired) electrons. The van der Waals surface area contributed by atoms with E-state index in [-0.39, 0.29) is 5.91 Å². The molecular weight excluding hydrogens is 291 g/mol. The quantitative estimate of drug-likeness (QED) is 0.821. The molecule has 0 aliphatic rings. The number of rotatable bonds is 3. The van der Waals surface area contributed by atoms with E-state index < -0.39 is 11.7 Å². The highest BCUT2D eigenvalue weighted by atomic mass is 19.4. The number of carbonyl (C=O) groups is 1. The van der Waals surface area contributed by atoms with Crippen LogP contribution in [0.4, 0.5) is 18.9 Å². The van der Waals surface area contributed by atoms with E-state index >= 15 is 0 Å². The number of anilines is 1. The van der Waals surface area contributed by atoms with Crippen molar-refractivity contribution in [1.29, 1.82) is 0 Å². The van der Waals surface area contributed by atoms with Crippen molar-refractivity contribution in [2.24, 2.45) is 0 Å². The number of benzene rings is 2. The molecular formula is C17H14F3NO. The van der Waals surface area contributed by atoms with Gasteiger partial charge in [0, 0.05) is 11.8 Å². The Hall–Kier alpha value is -2.56. The second-order valence-electron chi connectivity index (χ2n) is 4.81. The van der Waals surface area contributed by atoms with Gasteiger partial charge in [-0.1, -0.05) is 29.8 Å². The molecule has 0 aromatic heterocycles. The highest BCUT2D eigenvalue weighted by molar-refractivity contribution is 6.01. The molecule has 5 heteroatoms. The predicted octanol–water partition coefficient (Wildman–Crippen LogP) is 4.67. The Morgan fingerprint density at radius 3 is 2.14 bits per heavy atom. The van der Waals surface area contributed by atoms with Crippen LogP contribution in [0.2, 0.25) is 0 Å². The smallest absolute Gasteiger partial charge is 0.323 e. The van der Waals surface area contributed by atoms with Gasteiger partial charge in [0.25, 0.3) is 0 Å². The largest absolute Gasteiger partial charge is 0.416 e. The lowest BCUT2D eigenvalue weighted by Gasteiger charge is -2.06. The molecule has 0 saturated carbocycles. The normalized spacial score (nSPS) is 11.6. The highest BCUT2D eigenvalue weighted by Crippen LogP contribution is 2.29. The van der Waals surface area contributed by atoms with Gasteiger partial charge in [-0.3, -0.25) is 4.79 Å². The summed E-state index contributed by atoms with van der Waals surface area (Å²) in [6, 6.07) is 11.9. The predicted molar refractivity (Wildman–Crippen MR) is 80.3 cm³/mol. The molecule has 2 aromatic carbocycles. The summed E-state index contributed by atoms with van der Waals surface area (Å²) in [4.78, 5) is 11.7. The molecule has 1 N–H and O–H groups in total. The molecule has 114 valence electrons. The average molecular weight is 305 g/mol. The molecule has 0 atom stereocenters. The van der Waals surface area contributed by atoms with E-state index in [4.69, 9.17) is 0 Å². The Morgan fingerprint density at radius 2 is 1.59 bits per heavy atom. The molecule has 0 fully saturated rings. The van der Waals surface area contributed by atoms with Gasteiger partial charge in [0.1, 0.15) is 0 Å². The Kier molecular flexibility index (Phi) is 4.65. The van der Waals surface area contributed by atoms with Crippen molar-refractivity contribution in [3.63, 3.8) is 0 Å². The first kappa shape index (κ1) is 15.8. The maximum absolute atomic E-state index is 12.4. The third kappa shape index (κ3) is 4.48. The van der Waals surface area contributed by atoms with Gasteiger partial charge >= 0.3 is 6.18 Å². The summed E-state index contributed by atoms with van der Waals surface area (Å²) >= 11 is 0. The minimum Gasteiger partial charge on any atom is -0.323 e. The van der Waals surface area contributed by atoms with Crippen LogP contribution in [-0.4, -0.2) is 5.91 Å². The number of hydrogen-bond donors (Lipinski definition) is 1. The molecule has 0 aliphatic carbocycles. The fraction of sp³-hybridized carbons (Fsp3) is 0.118. The summed E-state index contributed by atoms with van der Waals surface area (Å²) in [5.74, 6) is -0.344. The number of halogens is 3. The lowest BCUT2D eigenvalue weighted by atomic mass is 10.1. The van der Waals surface area contributed by atoms with Gasteiger partial charge in [0.05, 0.1) is 5.56 Å². The molecule has 2 aromatic rings. The van der Waals surface area contributed by atoms with Crippen molar-refractivity contribution in [2.45, 2.75) is 13.1 Å². The fourth-order valence-electron chi connectivity index (χ4n) is 1.78. The summed E-state index contributed by atoms with van der Waals surface area (Å²) in [5, 5.41) is 2.67. The number of carbonyl (C=O) groups excluding carboxylic acids is 1. The van der Waals surface area contributed by atoms with Gasteiger partial charge in [-0.05, 0) is 42.8 Å². The van der Waals surface area contributed by atoms with Gasteiger partial charge in [-0.15, -0.1) is 0 Å². The zero-order valence-electron chi connectivity index (χ0n) is 11.8. The molecule has 0 bridgehead atoms. The molecule has 2 nitrogen and oxygen atoms in total. The SMILES string of the molecule is Cc1ccc(NC(=O)/C=C/c2ccc(C(F)(F)F)cc2)cc1. The van der Waals surface area contributed by atoms with E-state index in [1.54, 1.807) is 12.1 Å². The number of hydrogen-bond acceptors (Lipinski definition) is 1. The highest BCUT2D eigenvalue weighted by Gasteiger charge is 2.29. The zero-order chi connectivity index (χ0) is 16.2. The summed E-state index contributed by atoms with van der Waals surface area (Å²) in [6.45, 7) is 1.94. The van der Waals surface area contributed by atoms with Crippen LogP contribution in [0.1, 0.15) is 16.7 Å². The molecule has 0 aliphatic heterocycles. The number of nitrogens with one attached hydrogen (secondary N) is 1. The summed E-state index contributed by atoms with van der Waals surface area (Å²) in [6.07, 6.45) is -1.61. The first-order valence-corrected chi connectivity index (χ1v) is 6.57. The molecule has 2 rings (SSSR count). The topological polar surface area (TPSA) is 29.1 Å². The molecule has 0 unspecified atom stereocenters. The van der Waals surface area contributed by atoms with Crippen molar-refractivity contribution in [3.8, 4) is 0 Å². The number of alkyl halides is 3. The molecule has 1 amide bonds. The third-order valence-electron chi connectivity index (χ3n) is 2.98. The summed E-state index contributed by atoms with van der Waals surface area (Å²) in [7, 11) is 0. The molecule has 0 heterocycles. The van der Waals surface area contributed by atoms with Crippen LogP contribution < -0.4 is 5.32 Å². The average Bonchev–Trinajstić information content (AvgIpc) is 2.47. The number of aryl methyl sites for hydroxylation is 1.